The van der Waals surface area contributed by atoms with Gasteiger partial charge in [-0.15, -0.1) is 0 Å². The van der Waals surface area contributed by atoms with Crippen LogP contribution < -0.4 is 5.32 Å². The molecule has 0 fully saturated rings. The van der Waals surface area contributed by atoms with E-state index in [2.05, 4.69) is 11.4 Å². The Bertz CT molecular complexity index is 452. The molecular formula is C13H18ClN3O. The second-order valence-corrected chi connectivity index (χ2v) is 5.27. The zero-order valence-electron chi connectivity index (χ0n) is 10.9. The highest BCUT2D eigenvalue weighted by Crippen LogP contribution is 2.23. The molecule has 0 saturated carbocycles. The Labute approximate surface area is 113 Å². The molecule has 98 valence electrons. The van der Waals surface area contributed by atoms with Crippen LogP contribution in [0.2, 0.25) is 5.02 Å². The summed E-state index contributed by atoms with van der Waals surface area (Å²) in [5.41, 5.74) is 0.169. The number of benzene rings is 1. The Morgan fingerprint density at radius 3 is 2.72 bits per heavy atom. The number of nitrogens with zero attached hydrogens (tertiary/aromatic N) is 2. The smallest absolute Gasteiger partial charge is 0.103 e. The summed E-state index contributed by atoms with van der Waals surface area (Å²) < 4.78 is 0. The van der Waals surface area contributed by atoms with Crippen LogP contribution in [-0.4, -0.2) is 42.8 Å². The summed E-state index contributed by atoms with van der Waals surface area (Å²) in [5.74, 6) is 0. The first-order chi connectivity index (χ1) is 8.35. The fourth-order valence-corrected chi connectivity index (χ4v) is 2.02. The van der Waals surface area contributed by atoms with Crippen molar-refractivity contribution in [2.24, 2.45) is 0 Å². The number of rotatable bonds is 5. The summed E-state index contributed by atoms with van der Waals surface area (Å²) in [4.78, 5) is 1.91. The van der Waals surface area contributed by atoms with Gasteiger partial charge < -0.3 is 15.3 Å². The van der Waals surface area contributed by atoms with Gasteiger partial charge >= 0.3 is 0 Å². The van der Waals surface area contributed by atoms with Crippen molar-refractivity contribution >= 4 is 17.3 Å². The van der Waals surface area contributed by atoms with E-state index in [4.69, 9.17) is 16.9 Å². The maximum Gasteiger partial charge on any atom is 0.103 e. The van der Waals surface area contributed by atoms with Gasteiger partial charge in [0.25, 0.3) is 0 Å². The Morgan fingerprint density at radius 2 is 2.17 bits per heavy atom. The SMILES string of the molecule is CN(C)CC(C)(O)CNc1cccc(Cl)c1C#N. The Kier molecular flexibility index (Phi) is 4.97. The lowest BCUT2D eigenvalue weighted by Gasteiger charge is -2.27. The van der Waals surface area contributed by atoms with E-state index < -0.39 is 5.60 Å². The van der Waals surface area contributed by atoms with E-state index in [1.807, 2.05) is 19.0 Å². The zero-order chi connectivity index (χ0) is 13.8. The molecule has 0 aliphatic rings. The van der Waals surface area contributed by atoms with Gasteiger partial charge in [-0.3, -0.25) is 0 Å². The summed E-state index contributed by atoms with van der Waals surface area (Å²) in [7, 11) is 3.79. The van der Waals surface area contributed by atoms with E-state index in [-0.39, 0.29) is 0 Å². The van der Waals surface area contributed by atoms with Crippen LogP contribution in [0.1, 0.15) is 12.5 Å². The van der Waals surface area contributed by atoms with E-state index in [1.165, 1.54) is 0 Å². The maximum atomic E-state index is 10.2. The molecule has 0 amide bonds. The molecule has 0 spiro atoms. The van der Waals surface area contributed by atoms with E-state index >= 15 is 0 Å². The minimum atomic E-state index is -0.876. The van der Waals surface area contributed by atoms with Crippen LogP contribution in [-0.2, 0) is 0 Å². The lowest BCUT2D eigenvalue weighted by atomic mass is 10.1. The lowest BCUT2D eigenvalue weighted by molar-refractivity contribution is 0.0460. The fourth-order valence-electron chi connectivity index (χ4n) is 1.81. The molecule has 0 aromatic heterocycles. The molecule has 0 heterocycles. The van der Waals surface area contributed by atoms with Crippen LogP contribution in [0.3, 0.4) is 0 Å². The molecule has 2 N–H and O–H groups in total. The van der Waals surface area contributed by atoms with Gasteiger partial charge in [-0.25, -0.2) is 0 Å². The third kappa shape index (κ3) is 4.19. The maximum absolute atomic E-state index is 10.2. The predicted octanol–water partition coefficient (Wildman–Crippen LogP) is 1.94. The van der Waals surface area contributed by atoms with Crippen LogP contribution in [0.15, 0.2) is 18.2 Å². The van der Waals surface area contributed by atoms with E-state index in [0.29, 0.717) is 29.4 Å². The van der Waals surface area contributed by atoms with Gasteiger partial charge in [-0.05, 0) is 33.2 Å². The number of anilines is 1. The molecule has 1 atom stereocenters. The standard InChI is InChI=1S/C13H18ClN3O/c1-13(18,9-17(2)3)8-16-12-6-4-5-11(14)10(12)7-15/h4-6,16,18H,8-9H2,1-3H3. The van der Waals surface area contributed by atoms with Gasteiger partial charge in [0.1, 0.15) is 6.07 Å². The summed E-state index contributed by atoms with van der Waals surface area (Å²) in [6, 6.07) is 7.27. The highest BCUT2D eigenvalue weighted by molar-refractivity contribution is 6.32. The summed E-state index contributed by atoms with van der Waals surface area (Å²) in [6.07, 6.45) is 0. The number of aliphatic hydroxyl groups is 1. The minimum absolute atomic E-state index is 0.347. The normalized spacial score (nSPS) is 14.1. The van der Waals surface area contributed by atoms with Crippen molar-refractivity contribution in [3.05, 3.63) is 28.8 Å². The molecular weight excluding hydrogens is 250 g/mol. The average molecular weight is 268 g/mol. The Morgan fingerprint density at radius 1 is 1.50 bits per heavy atom. The first-order valence-electron chi connectivity index (χ1n) is 5.65. The molecule has 0 radical (unpaired) electrons. The highest BCUT2D eigenvalue weighted by Gasteiger charge is 2.21. The number of nitriles is 1. The number of hydrogen-bond donors (Lipinski definition) is 2. The van der Waals surface area contributed by atoms with Gasteiger partial charge in [-0.1, -0.05) is 17.7 Å². The van der Waals surface area contributed by atoms with Crippen molar-refractivity contribution in [3.63, 3.8) is 0 Å². The summed E-state index contributed by atoms with van der Waals surface area (Å²) in [5, 5.41) is 22.7. The third-order valence-electron chi connectivity index (χ3n) is 2.44. The van der Waals surface area contributed by atoms with Crippen molar-refractivity contribution < 1.29 is 5.11 Å². The highest BCUT2D eigenvalue weighted by atomic mass is 35.5. The van der Waals surface area contributed by atoms with Gasteiger partial charge in [0.05, 0.1) is 21.9 Å². The van der Waals surface area contributed by atoms with Crippen LogP contribution in [0.4, 0.5) is 5.69 Å². The van der Waals surface area contributed by atoms with Gasteiger partial charge in [0, 0.05) is 13.1 Å². The van der Waals surface area contributed by atoms with Crippen molar-refractivity contribution in [1.29, 1.82) is 5.26 Å². The van der Waals surface area contributed by atoms with Crippen molar-refractivity contribution in [2.45, 2.75) is 12.5 Å². The molecule has 0 bridgehead atoms. The van der Waals surface area contributed by atoms with Crippen LogP contribution in [0, 0.1) is 11.3 Å². The van der Waals surface area contributed by atoms with E-state index in [0.717, 1.165) is 0 Å². The lowest BCUT2D eigenvalue weighted by Crippen LogP contribution is -2.43. The van der Waals surface area contributed by atoms with Gasteiger partial charge in [0.15, 0.2) is 0 Å². The van der Waals surface area contributed by atoms with Crippen LogP contribution in [0.5, 0.6) is 0 Å². The molecule has 1 unspecified atom stereocenters. The monoisotopic (exact) mass is 267 g/mol. The zero-order valence-corrected chi connectivity index (χ0v) is 11.6. The minimum Gasteiger partial charge on any atom is -0.387 e. The van der Waals surface area contributed by atoms with Gasteiger partial charge in [0.2, 0.25) is 0 Å². The first-order valence-corrected chi connectivity index (χ1v) is 6.03. The quantitative estimate of drug-likeness (QED) is 0.856. The largest absolute Gasteiger partial charge is 0.387 e. The summed E-state index contributed by atoms with van der Waals surface area (Å²) in [6.45, 7) is 2.62. The fraction of sp³-hybridized carbons (Fsp3) is 0.462. The Balaban J connectivity index is 2.75. The second-order valence-electron chi connectivity index (χ2n) is 4.86. The number of hydrogen-bond acceptors (Lipinski definition) is 4. The second kappa shape index (κ2) is 6.05. The van der Waals surface area contributed by atoms with E-state index in [1.54, 1.807) is 25.1 Å². The number of halogens is 1. The number of nitrogens with one attached hydrogen (secondary N) is 1. The average Bonchev–Trinajstić information content (AvgIpc) is 2.24. The van der Waals surface area contributed by atoms with Crippen molar-refractivity contribution in [1.82, 2.24) is 4.90 Å². The molecule has 1 aromatic rings. The van der Waals surface area contributed by atoms with Crippen molar-refractivity contribution in [3.8, 4) is 6.07 Å². The van der Waals surface area contributed by atoms with Gasteiger partial charge in [-0.2, -0.15) is 5.26 Å². The Hall–Kier alpha value is -1.28. The topological polar surface area (TPSA) is 59.3 Å². The van der Waals surface area contributed by atoms with Crippen LogP contribution >= 0.6 is 11.6 Å². The molecule has 1 rings (SSSR count). The first kappa shape index (κ1) is 14.8. The van der Waals surface area contributed by atoms with Crippen LogP contribution in [0.25, 0.3) is 0 Å². The van der Waals surface area contributed by atoms with E-state index in [9.17, 15) is 5.11 Å². The molecule has 1 aromatic carbocycles. The third-order valence-corrected chi connectivity index (χ3v) is 2.76. The molecule has 0 saturated heterocycles. The molecule has 18 heavy (non-hydrogen) atoms. The molecule has 4 nitrogen and oxygen atoms in total. The molecule has 0 aliphatic carbocycles. The molecule has 0 aliphatic heterocycles. The summed E-state index contributed by atoms with van der Waals surface area (Å²) >= 11 is 5.93. The van der Waals surface area contributed by atoms with Crippen molar-refractivity contribution in [2.75, 3.05) is 32.5 Å². The molecule has 5 heteroatoms. The number of likely N-dealkylation sites (N-methyl/N-ethyl adjacent to an activating group) is 1. The predicted molar refractivity (Wildman–Crippen MR) is 73.8 cm³/mol.